The number of nitrogens with two attached hydrogens (primary N) is 1. The molecule has 1 aromatic rings. The average molecular weight is 387 g/mol. The Hall–Kier alpha value is -1.76. The Bertz CT molecular complexity index is 790. The van der Waals surface area contributed by atoms with E-state index in [1.54, 1.807) is 0 Å². The number of amides is 2. The maximum atomic E-state index is 12.4. The summed E-state index contributed by atoms with van der Waals surface area (Å²) in [5, 5.41) is 8.97. The maximum absolute atomic E-state index is 12.4. The number of hydroxylamine groups is 2. The van der Waals surface area contributed by atoms with Crippen molar-refractivity contribution in [2.75, 3.05) is 6.54 Å². The second-order valence-corrected chi connectivity index (χ2v) is 8.10. The molecular weight excluding hydrogens is 366 g/mol. The SMILES string of the molecule is N[C@H]1CC[C@H](c2nnc([C@@H]3CC[C@@H]4CN3C(=O)N4OS(=O)(=O)O)o2)CC1. The van der Waals surface area contributed by atoms with Gasteiger partial charge in [0, 0.05) is 18.5 Å². The van der Waals surface area contributed by atoms with Gasteiger partial charge in [0.2, 0.25) is 11.8 Å². The zero-order chi connectivity index (χ0) is 18.5. The lowest BCUT2D eigenvalue weighted by Crippen LogP contribution is -2.35. The number of fused-ring (bicyclic) bond motifs is 2. The standard InChI is InChI=1S/C14H21N5O6S/c15-9-3-1-8(2-4-9)12-16-17-13(24-12)11-6-5-10-7-18(11)14(20)19(10)25-26(21,22)23/h8-11H,1-7,15H2,(H,21,22,23)/t8-,9-,10-,11+/m1/s1. The molecule has 26 heavy (non-hydrogen) atoms. The zero-order valence-electron chi connectivity index (χ0n) is 14.0. The molecule has 2 saturated heterocycles. The molecule has 2 aliphatic heterocycles. The molecule has 11 nitrogen and oxygen atoms in total. The summed E-state index contributed by atoms with van der Waals surface area (Å²) in [5.41, 5.74) is 5.92. The van der Waals surface area contributed by atoms with Gasteiger partial charge in [0.25, 0.3) is 0 Å². The van der Waals surface area contributed by atoms with E-state index in [9.17, 15) is 13.2 Å². The van der Waals surface area contributed by atoms with Crippen molar-refractivity contribution < 1.29 is 26.5 Å². The van der Waals surface area contributed by atoms with Crippen molar-refractivity contribution in [2.24, 2.45) is 5.73 Å². The van der Waals surface area contributed by atoms with Gasteiger partial charge < -0.3 is 15.1 Å². The van der Waals surface area contributed by atoms with Crippen molar-refractivity contribution in [1.29, 1.82) is 0 Å². The fourth-order valence-corrected chi connectivity index (χ4v) is 4.39. The molecule has 2 amide bonds. The van der Waals surface area contributed by atoms with Gasteiger partial charge in [-0.3, -0.25) is 4.55 Å². The third-order valence-electron chi connectivity index (χ3n) is 5.36. The van der Waals surface area contributed by atoms with Crippen LogP contribution in [-0.2, 0) is 14.7 Å². The first-order chi connectivity index (χ1) is 12.3. The fraction of sp³-hybridized carbons (Fsp3) is 0.786. The number of carbonyl (C=O) groups is 1. The van der Waals surface area contributed by atoms with Crippen molar-refractivity contribution in [3.63, 3.8) is 0 Å². The van der Waals surface area contributed by atoms with Crippen LogP contribution in [-0.4, -0.2) is 57.8 Å². The van der Waals surface area contributed by atoms with Crippen molar-refractivity contribution in [3.05, 3.63) is 11.8 Å². The van der Waals surface area contributed by atoms with Gasteiger partial charge in [-0.15, -0.1) is 14.5 Å². The number of hydrogen-bond acceptors (Lipinski definition) is 8. The third kappa shape index (κ3) is 3.29. The first kappa shape index (κ1) is 17.6. The van der Waals surface area contributed by atoms with Crippen LogP contribution in [0.2, 0.25) is 0 Å². The molecule has 144 valence electrons. The predicted molar refractivity (Wildman–Crippen MR) is 85.8 cm³/mol. The highest BCUT2D eigenvalue weighted by molar-refractivity contribution is 7.80. The highest BCUT2D eigenvalue weighted by Crippen LogP contribution is 2.39. The molecule has 1 aromatic heterocycles. The van der Waals surface area contributed by atoms with E-state index in [4.69, 9.17) is 14.7 Å². The second kappa shape index (κ2) is 6.44. The summed E-state index contributed by atoms with van der Waals surface area (Å²) in [7, 11) is -4.76. The van der Waals surface area contributed by atoms with Crippen molar-refractivity contribution >= 4 is 16.4 Å². The van der Waals surface area contributed by atoms with E-state index in [-0.39, 0.29) is 18.5 Å². The zero-order valence-corrected chi connectivity index (χ0v) is 14.8. The molecule has 3 aliphatic rings. The number of hydrogen-bond donors (Lipinski definition) is 2. The van der Waals surface area contributed by atoms with Gasteiger partial charge >= 0.3 is 16.4 Å². The number of aromatic nitrogens is 2. The van der Waals surface area contributed by atoms with E-state index in [0.29, 0.717) is 29.7 Å². The van der Waals surface area contributed by atoms with Crippen LogP contribution in [0.4, 0.5) is 4.79 Å². The van der Waals surface area contributed by atoms with Gasteiger partial charge in [0.1, 0.15) is 6.04 Å². The molecule has 3 heterocycles. The molecule has 3 fully saturated rings. The largest absolute Gasteiger partial charge is 0.423 e. The minimum Gasteiger partial charge on any atom is -0.423 e. The van der Waals surface area contributed by atoms with E-state index < -0.39 is 28.5 Å². The molecule has 12 heteroatoms. The molecular formula is C14H21N5O6S. The van der Waals surface area contributed by atoms with Gasteiger partial charge in [0.15, 0.2) is 0 Å². The van der Waals surface area contributed by atoms with E-state index in [2.05, 4.69) is 14.5 Å². The van der Waals surface area contributed by atoms with Crippen LogP contribution in [0, 0.1) is 0 Å². The molecule has 1 saturated carbocycles. The smallest absolute Gasteiger partial charge is 0.418 e. The number of urea groups is 1. The number of rotatable bonds is 4. The lowest BCUT2D eigenvalue weighted by Gasteiger charge is -2.27. The van der Waals surface area contributed by atoms with Crippen molar-refractivity contribution in [3.8, 4) is 0 Å². The minimum absolute atomic E-state index is 0.182. The second-order valence-electron chi connectivity index (χ2n) is 7.10. The summed E-state index contributed by atoms with van der Waals surface area (Å²) in [6.45, 7) is 0.273. The van der Waals surface area contributed by atoms with Crippen molar-refractivity contribution in [2.45, 2.75) is 62.6 Å². The molecule has 3 N–H and O–H groups in total. The van der Waals surface area contributed by atoms with E-state index in [1.807, 2.05) is 0 Å². The van der Waals surface area contributed by atoms with Gasteiger partial charge in [0.05, 0.1) is 6.04 Å². The van der Waals surface area contributed by atoms with Gasteiger partial charge in [-0.2, -0.15) is 13.5 Å². The Morgan fingerprint density at radius 1 is 1.12 bits per heavy atom. The van der Waals surface area contributed by atoms with Gasteiger partial charge in [-0.1, -0.05) is 0 Å². The summed E-state index contributed by atoms with van der Waals surface area (Å²) in [4.78, 5) is 13.9. The highest BCUT2D eigenvalue weighted by Gasteiger charge is 2.49. The lowest BCUT2D eigenvalue weighted by molar-refractivity contribution is -0.0317. The Balaban J connectivity index is 1.49. The quantitative estimate of drug-likeness (QED) is 0.712. The van der Waals surface area contributed by atoms with E-state index in [1.165, 1.54) is 4.90 Å². The fourth-order valence-electron chi connectivity index (χ4n) is 4.00. The normalized spacial score (nSPS) is 32.3. The Kier molecular flexibility index (Phi) is 4.37. The van der Waals surface area contributed by atoms with Crippen LogP contribution in [0.15, 0.2) is 4.42 Å². The molecule has 2 bridgehead atoms. The Morgan fingerprint density at radius 2 is 1.81 bits per heavy atom. The van der Waals surface area contributed by atoms with Gasteiger partial charge in [-0.05, 0) is 38.5 Å². The maximum Gasteiger partial charge on any atom is 0.418 e. The number of nitrogens with zero attached hydrogens (tertiary/aromatic N) is 4. The van der Waals surface area contributed by atoms with Crippen LogP contribution in [0.1, 0.15) is 62.3 Å². The molecule has 2 atom stereocenters. The van der Waals surface area contributed by atoms with E-state index in [0.717, 1.165) is 25.7 Å². The monoisotopic (exact) mass is 387 g/mol. The molecule has 4 rings (SSSR count). The average Bonchev–Trinajstić information content (AvgIpc) is 3.15. The Labute approximate surface area is 150 Å². The first-order valence-electron chi connectivity index (χ1n) is 8.67. The summed E-state index contributed by atoms with van der Waals surface area (Å²) in [6, 6.07) is -1.29. The highest BCUT2D eigenvalue weighted by atomic mass is 32.3. The third-order valence-corrected chi connectivity index (χ3v) is 5.71. The molecule has 0 unspecified atom stereocenters. The van der Waals surface area contributed by atoms with Crippen LogP contribution < -0.4 is 5.73 Å². The summed E-state index contributed by atoms with van der Waals surface area (Å²) in [5.74, 6) is 1.09. The molecule has 1 aliphatic carbocycles. The lowest BCUT2D eigenvalue weighted by atomic mass is 9.86. The Morgan fingerprint density at radius 3 is 2.50 bits per heavy atom. The van der Waals surface area contributed by atoms with Crippen molar-refractivity contribution in [1.82, 2.24) is 20.2 Å². The topological polar surface area (TPSA) is 152 Å². The van der Waals surface area contributed by atoms with Crippen LogP contribution in [0.25, 0.3) is 0 Å². The molecule has 0 spiro atoms. The summed E-state index contributed by atoms with van der Waals surface area (Å²) >= 11 is 0. The van der Waals surface area contributed by atoms with Crippen LogP contribution in [0.3, 0.4) is 0 Å². The molecule has 0 radical (unpaired) electrons. The van der Waals surface area contributed by atoms with Crippen LogP contribution in [0.5, 0.6) is 0 Å². The summed E-state index contributed by atoms with van der Waals surface area (Å²) < 4.78 is 41.0. The van der Waals surface area contributed by atoms with E-state index >= 15 is 0 Å². The molecule has 0 aromatic carbocycles. The van der Waals surface area contributed by atoms with Gasteiger partial charge in [-0.25, -0.2) is 4.79 Å². The predicted octanol–water partition coefficient (Wildman–Crippen LogP) is 0.730. The first-order valence-corrected chi connectivity index (χ1v) is 10.0. The number of carbonyl (C=O) groups excluding carboxylic acids is 1. The van der Waals surface area contributed by atoms with Crippen LogP contribution >= 0.6 is 0 Å². The number of piperidine rings is 1. The summed E-state index contributed by atoms with van der Waals surface area (Å²) in [6.07, 6.45) is 4.67. The minimum atomic E-state index is -4.76.